The Labute approximate surface area is 116 Å². The van der Waals surface area contributed by atoms with Gasteiger partial charge in [-0.1, -0.05) is 6.42 Å². The number of carbonyl (C=O) groups excluding carboxylic acids is 1. The van der Waals surface area contributed by atoms with Gasteiger partial charge in [0.25, 0.3) is 0 Å². The Kier molecular flexibility index (Phi) is 4.39. The molecule has 2 fully saturated rings. The van der Waals surface area contributed by atoms with Crippen molar-refractivity contribution in [1.29, 1.82) is 0 Å². The van der Waals surface area contributed by atoms with E-state index in [2.05, 4.69) is 0 Å². The SMILES string of the molecule is CC(C)(C)OC(=O)N1CCC(CCN)C2CCCC21. The molecule has 4 nitrogen and oxygen atoms in total. The van der Waals surface area contributed by atoms with E-state index in [4.69, 9.17) is 10.5 Å². The summed E-state index contributed by atoms with van der Waals surface area (Å²) in [7, 11) is 0. The molecule has 2 aliphatic rings. The van der Waals surface area contributed by atoms with Crippen molar-refractivity contribution in [1.82, 2.24) is 4.90 Å². The maximum Gasteiger partial charge on any atom is 0.410 e. The molecule has 2 rings (SSSR count). The molecule has 1 amide bonds. The average Bonchev–Trinajstić information content (AvgIpc) is 2.76. The second-order valence-corrected chi connectivity index (χ2v) is 6.96. The highest BCUT2D eigenvalue weighted by Gasteiger charge is 2.43. The number of hydrogen-bond acceptors (Lipinski definition) is 3. The second-order valence-electron chi connectivity index (χ2n) is 6.96. The highest BCUT2D eigenvalue weighted by Crippen LogP contribution is 2.42. The van der Waals surface area contributed by atoms with Crippen molar-refractivity contribution in [2.75, 3.05) is 13.1 Å². The molecule has 0 bridgehead atoms. The van der Waals surface area contributed by atoms with Gasteiger partial charge in [0.15, 0.2) is 0 Å². The molecular formula is C15H28N2O2. The van der Waals surface area contributed by atoms with Crippen LogP contribution in [0.2, 0.25) is 0 Å². The van der Waals surface area contributed by atoms with Crippen molar-refractivity contribution in [3.8, 4) is 0 Å². The normalized spacial score (nSPS) is 31.2. The summed E-state index contributed by atoms with van der Waals surface area (Å²) in [5.74, 6) is 1.35. The Morgan fingerprint density at radius 2 is 2.05 bits per heavy atom. The van der Waals surface area contributed by atoms with Crippen molar-refractivity contribution in [3.05, 3.63) is 0 Å². The summed E-state index contributed by atoms with van der Waals surface area (Å²) in [6.45, 7) is 7.38. The van der Waals surface area contributed by atoms with Gasteiger partial charge in [-0.2, -0.15) is 0 Å². The summed E-state index contributed by atoms with van der Waals surface area (Å²) in [5, 5.41) is 0. The Hall–Kier alpha value is -0.770. The van der Waals surface area contributed by atoms with Gasteiger partial charge in [0.05, 0.1) is 0 Å². The molecule has 4 heteroatoms. The van der Waals surface area contributed by atoms with Gasteiger partial charge < -0.3 is 15.4 Å². The van der Waals surface area contributed by atoms with Gasteiger partial charge in [0.2, 0.25) is 0 Å². The molecule has 1 aliphatic heterocycles. The molecule has 19 heavy (non-hydrogen) atoms. The summed E-state index contributed by atoms with van der Waals surface area (Å²) in [6, 6.07) is 0.389. The second kappa shape index (κ2) is 5.70. The van der Waals surface area contributed by atoms with Gasteiger partial charge in [-0.3, -0.25) is 0 Å². The van der Waals surface area contributed by atoms with Gasteiger partial charge >= 0.3 is 6.09 Å². The number of carbonyl (C=O) groups is 1. The molecule has 1 heterocycles. The number of fused-ring (bicyclic) bond motifs is 1. The molecule has 0 aromatic heterocycles. The van der Waals surface area contributed by atoms with E-state index in [-0.39, 0.29) is 6.09 Å². The smallest absolute Gasteiger partial charge is 0.410 e. The van der Waals surface area contributed by atoms with E-state index >= 15 is 0 Å². The molecule has 0 radical (unpaired) electrons. The van der Waals surface area contributed by atoms with Crippen LogP contribution < -0.4 is 5.73 Å². The topological polar surface area (TPSA) is 55.6 Å². The van der Waals surface area contributed by atoms with Gasteiger partial charge in [-0.05, 0) is 64.8 Å². The fraction of sp³-hybridized carbons (Fsp3) is 0.933. The van der Waals surface area contributed by atoms with Crippen molar-refractivity contribution in [2.45, 2.75) is 64.5 Å². The zero-order chi connectivity index (χ0) is 14.0. The lowest BCUT2D eigenvalue weighted by Crippen LogP contribution is -2.51. The molecule has 1 saturated carbocycles. The lowest BCUT2D eigenvalue weighted by Gasteiger charge is -2.42. The summed E-state index contributed by atoms with van der Waals surface area (Å²) < 4.78 is 5.54. The Balaban J connectivity index is 2.02. The summed E-state index contributed by atoms with van der Waals surface area (Å²) in [4.78, 5) is 14.3. The number of piperidine rings is 1. The fourth-order valence-corrected chi connectivity index (χ4v) is 3.71. The molecule has 0 spiro atoms. The van der Waals surface area contributed by atoms with E-state index in [1.165, 1.54) is 12.8 Å². The Bertz CT molecular complexity index is 325. The number of ether oxygens (including phenoxy) is 1. The first kappa shape index (κ1) is 14.6. The largest absolute Gasteiger partial charge is 0.444 e. The average molecular weight is 268 g/mol. The zero-order valence-electron chi connectivity index (χ0n) is 12.5. The number of nitrogens with two attached hydrogens (primary N) is 1. The number of likely N-dealkylation sites (tertiary alicyclic amines) is 1. The summed E-state index contributed by atoms with van der Waals surface area (Å²) >= 11 is 0. The lowest BCUT2D eigenvalue weighted by molar-refractivity contribution is -0.00538. The van der Waals surface area contributed by atoms with E-state index in [1.807, 2.05) is 25.7 Å². The summed E-state index contributed by atoms with van der Waals surface area (Å²) in [5.41, 5.74) is 5.31. The molecule has 1 aliphatic carbocycles. The van der Waals surface area contributed by atoms with Crippen molar-refractivity contribution < 1.29 is 9.53 Å². The first-order chi connectivity index (χ1) is 8.92. The van der Waals surface area contributed by atoms with Crippen LogP contribution in [-0.4, -0.2) is 35.7 Å². The van der Waals surface area contributed by atoms with Crippen LogP contribution in [0.3, 0.4) is 0 Å². The standard InChI is InChI=1S/C15H28N2O2/c1-15(2,3)19-14(18)17-10-8-11(7-9-16)12-5-4-6-13(12)17/h11-13H,4-10,16H2,1-3H3. The van der Waals surface area contributed by atoms with Crippen LogP contribution in [0, 0.1) is 11.8 Å². The van der Waals surface area contributed by atoms with Crippen LogP contribution in [0.15, 0.2) is 0 Å². The van der Waals surface area contributed by atoms with Crippen LogP contribution in [0.1, 0.15) is 52.9 Å². The predicted molar refractivity (Wildman–Crippen MR) is 75.8 cm³/mol. The Morgan fingerprint density at radius 1 is 1.32 bits per heavy atom. The van der Waals surface area contributed by atoms with E-state index in [0.29, 0.717) is 17.9 Å². The van der Waals surface area contributed by atoms with Gasteiger partial charge in [0.1, 0.15) is 5.60 Å². The van der Waals surface area contributed by atoms with Crippen LogP contribution in [0.4, 0.5) is 4.79 Å². The minimum absolute atomic E-state index is 0.129. The van der Waals surface area contributed by atoms with Crippen LogP contribution in [0.5, 0.6) is 0 Å². The van der Waals surface area contributed by atoms with Crippen LogP contribution in [0.25, 0.3) is 0 Å². The third-order valence-corrected chi connectivity index (χ3v) is 4.44. The van der Waals surface area contributed by atoms with E-state index in [0.717, 1.165) is 32.4 Å². The monoisotopic (exact) mass is 268 g/mol. The third-order valence-electron chi connectivity index (χ3n) is 4.44. The first-order valence-corrected chi connectivity index (χ1v) is 7.62. The number of hydrogen-bond donors (Lipinski definition) is 1. The Morgan fingerprint density at radius 3 is 2.68 bits per heavy atom. The molecule has 0 aromatic carbocycles. The van der Waals surface area contributed by atoms with Crippen molar-refractivity contribution in [2.24, 2.45) is 17.6 Å². The maximum atomic E-state index is 12.3. The van der Waals surface area contributed by atoms with Crippen molar-refractivity contribution >= 4 is 6.09 Å². The van der Waals surface area contributed by atoms with Gasteiger partial charge in [-0.25, -0.2) is 4.79 Å². The number of amides is 1. The van der Waals surface area contributed by atoms with Crippen LogP contribution in [-0.2, 0) is 4.74 Å². The zero-order valence-corrected chi connectivity index (χ0v) is 12.5. The highest BCUT2D eigenvalue weighted by molar-refractivity contribution is 5.68. The lowest BCUT2D eigenvalue weighted by atomic mass is 9.79. The molecule has 110 valence electrons. The predicted octanol–water partition coefficient (Wildman–Crippen LogP) is 2.76. The molecule has 3 unspecified atom stereocenters. The molecule has 0 aromatic rings. The minimum Gasteiger partial charge on any atom is -0.444 e. The van der Waals surface area contributed by atoms with Crippen molar-refractivity contribution in [3.63, 3.8) is 0 Å². The molecule has 3 atom stereocenters. The van der Waals surface area contributed by atoms with Gasteiger partial charge in [0, 0.05) is 12.6 Å². The highest BCUT2D eigenvalue weighted by atomic mass is 16.6. The number of rotatable bonds is 2. The van der Waals surface area contributed by atoms with Gasteiger partial charge in [-0.15, -0.1) is 0 Å². The molecule has 1 saturated heterocycles. The first-order valence-electron chi connectivity index (χ1n) is 7.62. The molecular weight excluding hydrogens is 240 g/mol. The van der Waals surface area contributed by atoms with E-state index in [9.17, 15) is 4.79 Å². The van der Waals surface area contributed by atoms with E-state index in [1.54, 1.807) is 0 Å². The van der Waals surface area contributed by atoms with E-state index < -0.39 is 5.60 Å². The minimum atomic E-state index is -0.403. The quantitative estimate of drug-likeness (QED) is 0.838. The fourth-order valence-electron chi connectivity index (χ4n) is 3.71. The molecule has 2 N–H and O–H groups in total. The number of nitrogens with zero attached hydrogens (tertiary/aromatic N) is 1. The van der Waals surface area contributed by atoms with Crippen LogP contribution >= 0.6 is 0 Å². The maximum absolute atomic E-state index is 12.3. The summed E-state index contributed by atoms with van der Waals surface area (Å²) in [6.07, 6.45) is 5.66. The third kappa shape index (κ3) is 3.41.